The van der Waals surface area contributed by atoms with Crippen molar-refractivity contribution in [3.05, 3.63) is 34.9 Å². The normalized spacial score (nSPS) is 48.6. The third-order valence-corrected chi connectivity index (χ3v) is 21.3. The lowest BCUT2D eigenvalue weighted by Crippen LogP contribution is -2.72. The maximum Gasteiger partial charge on any atom is 0.335 e. The number of carbonyl (C=O) groups is 3. The third kappa shape index (κ3) is 9.99. The summed E-state index contributed by atoms with van der Waals surface area (Å²) < 4.78 is 49.2. The van der Waals surface area contributed by atoms with E-state index in [1.165, 1.54) is 0 Å². The predicted molar refractivity (Wildman–Crippen MR) is 275 cm³/mol. The largest absolute Gasteiger partial charge is 0.479 e. The number of carbonyl (C=O) groups excluding carboxylic acids is 2. The molecule has 7 fully saturated rings. The topological polar surface area (TPSA) is 348 Å². The Morgan fingerprint density at radius 2 is 1.19 bits per heavy atom. The number of aliphatic hydroxyl groups is 10. The van der Waals surface area contributed by atoms with Crippen LogP contribution in [0.1, 0.15) is 121 Å². The molecule has 4 saturated carbocycles. The van der Waals surface area contributed by atoms with Crippen LogP contribution in [0.15, 0.2) is 34.9 Å². The molecule has 25 atom stereocenters. The van der Waals surface area contributed by atoms with E-state index in [0.29, 0.717) is 49.7 Å². The number of allylic oxidation sites excluding steroid dienone is 4. The standard InChI is InChI=1S/C57H88O22/c1-12-25(3)47(70)78-44-45(79-48(71)26(4)13-2)57(24-60)28(20-52(44,5)6)27-14-15-32-54(9)18-17-34(53(7,8)31(54)16-19-55(32,10)56(27,11)21-33(57)61)74-51-43(77-50-39(66)37(64)35(62)29(22-58)72-50)41(40(67)42(76-51)46(68)69)75-49-38(65)36(63)30(23-59)73-49/h12-14,28-45,49-51,58-67H,15-24H2,1-11H3,(H,68,69)/b25-12-,26-13-/t28?,29?,30-,31?,32?,33-,34+,35+,36?,37+,38+,39?,40-,41+,42?,43?,44+,45+,49+,50+,51-,54+,55-,56-,57+/m1/s1. The first-order valence-corrected chi connectivity index (χ1v) is 28.0. The summed E-state index contributed by atoms with van der Waals surface area (Å²) in [4.78, 5) is 40.3. The van der Waals surface area contributed by atoms with Gasteiger partial charge in [0.15, 0.2) is 31.1 Å². The Balaban J connectivity index is 1.12. The molecule has 0 bridgehead atoms. The molecular formula is C57H88O22. The number of fused-ring (bicyclic) bond motifs is 7. The fourth-order valence-electron chi connectivity index (χ4n) is 16.2. The second-order valence-corrected chi connectivity index (χ2v) is 26.0. The number of aliphatic hydroxyl groups excluding tert-OH is 10. The van der Waals surface area contributed by atoms with E-state index in [9.17, 15) is 70.6 Å². The Hall–Kier alpha value is -3.01. The summed E-state index contributed by atoms with van der Waals surface area (Å²) in [6.07, 6.45) is -20.2. The molecule has 3 aliphatic heterocycles. The lowest BCUT2D eigenvalue weighted by Gasteiger charge is -2.72. The van der Waals surface area contributed by atoms with Gasteiger partial charge in [-0.25, -0.2) is 14.4 Å². The summed E-state index contributed by atoms with van der Waals surface area (Å²) in [6, 6.07) is 0. The highest BCUT2D eigenvalue weighted by Gasteiger charge is 2.74. The first-order chi connectivity index (χ1) is 36.9. The number of ether oxygens (including phenoxy) is 8. The van der Waals surface area contributed by atoms with E-state index in [0.717, 1.165) is 5.57 Å². The van der Waals surface area contributed by atoms with Gasteiger partial charge in [-0.15, -0.1) is 0 Å². The minimum absolute atomic E-state index is 0.0232. The number of hydrogen-bond donors (Lipinski definition) is 11. The number of carboxylic acids is 1. The van der Waals surface area contributed by atoms with Crippen LogP contribution in [0, 0.1) is 50.2 Å². The maximum atomic E-state index is 13.8. The molecule has 0 amide bonds. The van der Waals surface area contributed by atoms with E-state index in [2.05, 4.69) is 40.7 Å². The van der Waals surface area contributed by atoms with Crippen LogP contribution < -0.4 is 0 Å². The Morgan fingerprint density at radius 1 is 0.646 bits per heavy atom. The summed E-state index contributed by atoms with van der Waals surface area (Å²) in [5.41, 5.74) is -2.71. The molecule has 3 heterocycles. The van der Waals surface area contributed by atoms with E-state index in [1.807, 2.05) is 13.8 Å². The lowest BCUT2D eigenvalue weighted by molar-refractivity contribution is -0.386. The molecule has 448 valence electrons. The molecule has 0 aromatic carbocycles. The SMILES string of the molecule is C/C=C(/C)C(=O)O[C@H]1[C@H](OC(=O)/C(C)=C\C)[C@@]2(CO)C(CC1(C)C)C1=CCC3[C@@]4(C)CC[C@H](O[C@@H]5OC(C(=O)O)[C@H](O)[C@H](O[C@@H]6O[C@H](CO)C(O)[C@@H]6O)C5O[C@@H]5OC(CO)[C@H](O)[C@H](O)C5O)C(C)(C)C4CC[C@@]3(C)[C@]1(C)C[C@H]2O. The van der Waals surface area contributed by atoms with Crippen LogP contribution in [0.3, 0.4) is 0 Å². The molecule has 0 radical (unpaired) electrons. The van der Waals surface area contributed by atoms with Gasteiger partial charge in [0.05, 0.1) is 37.4 Å². The Labute approximate surface area is 461 Å². The Bertz CT molecular complexity index is 2350. The molecular weight excluding hydrogens is 1040 g/mol. The smallest absolute Gasteiger partial charge is 0.335 e. The fraction of sp³-hybridized carbons (Fsp3) is 0.842. The molecule has 0 aromatic rings. The van der Waals surface area contributed by atoms with Crippen molar-refractivity contribution in [2.24, 2.45) is 50.2 Å². The van der Waals surface area contributed by atoms with Crippen LogP contribution >= 0.6 is 0 Å². The van der Waals surface area contributed by atoms with E-state index in [-0.39, 0.29) is 23.7 Å². The highest BCUT2D eigenvalue weighted by Crippen LogP contribution is 2.76. The number of carboxylic acid groups (broad SMARTS) is 1. The van der Waals surface area contributed by atoms with Crippen molar-refractivity contribution in [1.29, 1.82) is 0 Å². The Kier molecular flexibility index (Phi) is 17.7. The van der Waals surface area contributed by atoms with Crippen molar-refractivity contribution in [3.63, 3.8) is 0 Å². The van der Waals surface area contributed by atoms with Crippen LogP contribution in [0.5, 0.6) is 0 Å². The van der Waals surface area contributed by atoms with Crippen molar-refractivity contribution >= 4 is 17.9 Å². The fourth-order valence-corrected chi connectivity index (χ4v) is 16.2. The van der Waals surface area contributed by atoms with Crippen molar-refractivity contribution in [1.82, 2.24) is 0 Å². The lowest BCUT2D eigenvalue weighted by atomic mass is 9.33. The molecule has 8 aliphatic rings. The minimum Gasteiger partial charge on any atom is -0.479 e. The number of rotatable bonds is 14. The third-order valence-electron chi connectivity index (χ3n) is 21.3. The van der Waals surface area contributed by atoms with E-state index in [4.69, 9.17) is 37.9 Å². The van der Waals surface area contributed by atoms with Crippen molar-refractivity contribution in [2.45, 2.75) is 232 Å². The summed E-state index contributed by atoms with van der Waals surface area (Å²) >= 11 is 0. The van der Waals surface area contributed by atoms with E-state index < -0.39 is 181 Å². The van der Waals surface area contributed by atoms with Crippen LogP contribution in [0.25, 0.3) is 0 Å². The average molecular weight is 1130 g/mol. The van der Waals surface area contributed by atoms with Crippen LogP contribution in [0.4, 0.5) is 0 Å². The van der Waals surface area contributed by atoms with Gasteiger partial charge in [-0.05, 0) is 112 Å². The minimum atomic E-state index is -2.10. The van der Waals surface area contributed by atoms with Crippen molar-refractivity contribution in [2.75, 3.05) is 19.8 Å². The van der Waals surface area contributed by atoms with Gasteiger partial charge in [-0.3, -0.25) is 0 Å². The molecule has 22 heteroatoms. The summed E-state index contributed by atoms with van der Waals surface area (Å²) in [6.45, 7) is 19.4. The van der Waals surface area contributed by atoms with Gasteiger partial charge in [0, 0.05) is 16.6 Å². The maximum absolute atomic E-state index is 13.8. The zero-order valence-electron chi connectivity index (χ0n) is 47.3. The van der Waals surface area contributed by atoms with Crippen molar-refractivity contribution in [3.8, 4) is 0 Å². The monoisotopic (exact) mass is 1120 g/mol. The first kappa shape index (κ1) is 62.0. The summed E-state index contributed by atoms with van der Waals surface area (Å²) in [5, 5.41) is 121. The molecule has 22 nitrogen and oxygen atoms in total. The zero-order chi connectivity index (χ0) is 58.4. The van der Waals surface area contributed by atoms with Crippen molar-refractivity contribution < 1.29 is 108 Å². The molecule has 11 N–H and O–H groups in total. The van der Waals surface area contributed by atoms with E-state index >= 15 is 0 Å². The molecule has 0 spiro atoms. The Morgan fingerprint density at radius 3 is 1.73 bits per heavy atom. The first-order valence-electron chi connectivity index (χ1n) is 28.0. The van der Waals surface area contributed by atoms with Gasteiger partial charge in [-0.1, -0.05) is 72.3 Å². The van der Waals surface area contributed by atoms with Gasteiger partial charge in [0.1, 0.15) is 67.1 Å². The highest BCUT2D eigenvalue weighted by atomic mass is 16.8. The molecule has 3 saturated heterocycles. The molecule has 8 rings (SSSR count). The van der Waals surface area contributed by atoms with Crippen LogP contribution in [0.2, 0.25) is 0 Å². The second-order valence-electron chi connectivity index (χ2n) is 26.0. The molecule has 5 aliphatic carbocycles. The van der Waals surface area contributed by atoms with Gasteiger partial charge in [0.25, 0.3) is 0 Å². The van der Waals surface area contributed by atoms with E-state index in [1.54, 1.807) is 39.8 Å². The van der Waals surface area contributed by atoms with Gasteiger partial charge < -0.3 is 94.1 Å². The van der Waals surface area contributed by atoms with Crippen LogP contribution in [-0.4, -0.2) is 204 Å². The molecule has 0 aromatic heterocycles. The number of aliphatic carboxylic acids is 1. The second kappa shape index (κ2) is 22.5. The number of hydrogen-bond acceptors (Lipinski definition) is 21. The summed E-state index contributed by atoms with van der Waals surface area (Å²) in [7, 11) is 0. The van der Waals surface area contributed by atoms with Gasteiger partial charge in [0.2, 0.25) is 0 Å². The average Bonchev–Trinajstić information content (AvgIpc) is 3.87. The quantitative estimate of drug-likeness (QED) is 0.0505. The van der Waals surface area contributed by atoms with Crippen LogP contribution in [-0.2, 0) is 52.3 Å². The van der Waals surface area contributed by atoms with Gasteiger partial charge >= 0.3 is 17.9 Å². The predicted octanol–water partition coefficient (Wildman–Crippen LogP) is 1.29. The summed E-state index contributed by atoms with van der Waals surface area (Å²) in [5.74, 6) is -3.40. The molecule has 79 heavy (non-hydrogen) atoms. The molecule has 8 unspecified atom stereocenters. The number of esters is 2. The highest BCUT2D eigenvalue weighted by molar-refractivity contribution is 5.89. The van der Waals surface area contributed by atoms with Gasteiger partial charge in [-0.2, -0.15) is 0 Å². The zero-order valence-corrected chi connectivity index (χ0v) is 47.3.